The molecule has 0 bridgehead atoms. The van der Waals surface area contributed by atoms with Gasteiger partial charge in [0, 0.05) is 23.9 Å². The van der Waals surface area contributed by atoms with Crippen molar-refractivity contribution in [3.8, 4) is 12.3 Å². The van der Waals surface area contributed by atoms with Gasteiger partial charge in [0.05, 0.1) is 11.1 Å². The number of nitrogens with zero attached hydrogens (tertiary/aromatic N) is 1. The molecule has 0 aliphatic rings. The molecule has 1 N–H and O–H groups in total. The molecule has 0 fully saturated rings. The minimum atomic E-state index is -0.297. The largest absolute Gasteiger partial charge is 0.393 e. The minimum Gasteiger partial charge on any atom is -0.393 e. The third-order valence-electron chi connectivity index (χ3n) is 1.94. The topological polar surface area (TPSA) is 33.1 Å². The van der Waals surface area contributed by atoms with Gasteiger partial charge < -0.3 is 5.11 Å². The Balaban J connectivity index is 2.27. The van der Waals surface area contributed by atoms with Crippen molar-refractivity contribution in [2.24, 2.45) is 0 Å². The molecule has 0 amide bonds. The number of aliphatic hydroxyl groups excluding tert-OH is 1. The highest BCUT2D eigenvalue weighted by Gasteiger charge is 2.07. The minimum absolute atomic E-state index is 0.297. The van der Waals surface area contributed by atoms with Crippen molar-refractivity contribution >= 4 is 11.3 Å². The van der Waals surface area contributed by atoms with Crippen molar-refractivity contribution < 1.29 is 5.11 Å². The third-order valence-corrected chi connectivity index (χ3v) is 2.92. The molecule has 0 saturated heterocycles. The number of thiazole rings is 1. The summed E-state index contributed by atoms with van der Waals surface area (Å²) in [6, 6.07) is 0. The van der Waals surface area contributed by atoms with E-state index in [4.69, 9.17) is 6.42 Å². The van der Waals surface area contributed by atoms with Crippen LogP contribution in [-0.4, -0.2) is 16.2 Å². The van der Waals surface area contributed by atoms with Crippen LogP contribution in [0.15, 0.2) is 5.38 Å². The standard InChI is InChI=1S/C11H15NOS/c1-3-4-5-6-10(13)7-11-12-9(2)8-14-11/h1,8,10,13H,4-7H2,2H3. The lowest BCUT2D eigenvalue weighted by Gasteiger charge is -2.06. The van der Waals surface area contributed by atoms with Crippen LogP contribution >= 0.6 is 11.3 Å². The fourth-order valence-electron chi connectivity index (χ4n) is 1.24. The first-order valence-electron chi connectivity index (χ1n) is 4.75. The van der Waals surface area contributed by atoms with E-state index in [-0.39, 0.29) is 6.10 Å². The van der Waals surface area contributed by atoms with Crippen molar-refractivity contribution in [3.05, 3.63) is 16.1 Å². The number of terminal acetylenes is 1. The van der Waals surface area contributed by atoms with Crippen molar-refractivity contribution in [1.82, 2.24) is 4.98 Å². The van der Waals surface area contributed by atoms with Crippen LogP contribution in [0.4, 0.5) is 0 Å². The fraction of sp³-hybridized carbons (Fsp3) is 0.545. The Morgan fingerprint density at radius 2 is 2.50 bits per heavy atom. The summed E-state index contributed by atoms with van der Waals surface area (Å²) in [7, 11) is 0. The molecular weight excluding hydrogens is 194 g/mol. The predicted octanol–water partition coefficient (Wildman–Crippen LogP) is 2.16. The average Bonchev–Trinajstić information content (AvgIpc) is 2.52. The SMILES string of the molecule is C#CCCCC(O)Cc1nc(C)cs1. The first-order valence-corrected chi connectivity index (χ1v) is 5.63. The summed E-state index contributed by atoms with van der Waals surface area (Å²) < 4.78 is 0. The molecule has 1 aromatic rings. The highest BCUT2D eigenvalue weighted by molar-refractivity contribution is 7.09. The maximum absolute atomic E-state index is 9.64. The second-order valence-electron chi connectivity index (χ2n) is 3.34. The molecule has 1 rings (SSSR count). The number of hydrogen-bond acceptors (Lipinski definition) is 3. The van der Waals surface area contributed by atoms with Gasteiger partial charge >= 0.3 is 0 Å². The second-order valence-corrected chi connectivity index (χ2v) is 4.28. The lowest BCUT2D eigenvalue weighted by Crippen LogP contribution is -2.09. The summed E-state index contributed by atoms with van der Waals surface area (Å²) in [5.41, 5.74) is 1.03. The Kier molecular flexibility index (Phi) is 4.64. The molecule has 1 aromatic heterocycles. The molecule has 0 aliphatic heterocycles. The number of aryl methyl sites for hydroxylation is 1. The van der Waals surface area contributed by atoms with Crippen LogP contribution in [-0.2, 0) is 6.42 Å². The molecular formula is C11H15NOS. The number of rotatable bonds is 5. The second kappa shape index (κ2) is 5.79. The monoisotopic (exact) mass is 209 g/mol. The van der Waals surface area contributed by atoms with E-state index in [1.807, 2.05) is 12.3 Å². The highest BCUT2D eigenvalue weighted by Crippen LogP contribution is 2.13. The molecule has 0 radical (unpaired) electrons. The zero-order valence-electron chi connectivity index (χ0n) is 8.36. The number of unbranched alkanes of at least 4 members (excludes halogenated alkanes) is 1. The Morgan fingerprint density at radius 3 is 3.07 bits per heavy atom. The zero-order valence-corrected chi connectivity index (χ0v) is 9.18. The van der Waals surface area contributed by atoms with Crippen LogP contribution in [0.2, 0.25) is 0 Å². The van der Waals surface area contributed by atoms with E-state index in [1.54, 1.807) is 11.3 Å². The fourth-order valence-corrected chi connectivity index (χ4v) is 2.08. The van der Waals surface area contributed by atoms with Crippen LogP contribution in [0.3, 0.4) is 0 Å². The van der Waals surface area contributed by atoms with Gasteiger partial charge in [-0.1, -0.05) is 0 Å². The lowest BCUT2D eigenvalue weighted by molar-refractivity contribution is 0.162. The van der Waals surface area contributed by atoms with Crippen LogP contribution in [0.25, 0.3) is 0 Å². The maximum Gasteiger partial charge on any atom is 0.0953 e. The Morgan fingerprint density at radius 1 is 1.71 bits per heavy atom. The molecule has 1 unspecified atom stereocenters. The van der Waals surface area contributed by atoms with E-state index < -0.39 is 0 Å². The Hall–Kier alpha value is -0.850. The van der Waals surface area contributed by atoms with Gasteiger partial charge in [0.15, 0.2) is 0 Å². The maximum atomic E-state index is 9.64. The van der Waals surface area contributed by atoms with Gasteiger partial charge in [-0.25, -0.2) is 4.98 Å². The average molecular weight is 209 g/mol. The molecule has 0 spiro atoms. The van der Waals surface area contributed by atoms with E-state index in [1.165, 1.54) is 0 Å². The summed E-state index contributed by atoms with van der Waals surface area (Å²) in [6.45, 7) is 1.96. The van der Waals surface area contributed by atoms with Gasteiger partial charge in [0.2, 0.25) is 0 Å². The van der Waals surface area contributed by atoms with Crippen molar-refractivity contribution in [1.29, 1.82) is 0 Å². The molecule has 3 heteroatoms. The molecule has 76 valence electrons. The van der Waals surface area contributed by atoms with Gasteiger partial charge in [0.25, 0.3) is 0 Å². The van der Waals surface area contributed by atoms with E-state index >= 15 is 0 Å². The van der Waals surface area contributed by atoms with Gasteiger partial charge in [-0.05, 0) is 19.8 Å². The summed E-state index contributed by atoms with van der Waals surface area (Å²) in [6.07, 6.45) is 7.89. The third kappa shape index (κ3) is 3.91. The molecule has 0 aliphatic carbocycles. The number of aromatic nitrogens is 1. The molecule has 1 atom stereocenters. The normalized spacial score (nSPS) is 12.4. The van der Waals surface area contributed by atoms with Crippen LogP contribution in [0, 0.1) is 19.3 Å². The van der Waals surface area contributed by atoms with Crippen LogP contribution in [0.5, 0.6) is 0 Å². The van der Waals surface area contributed by atoms with Crippen LogP contribution in [0.1, 0.15) is 30.0 Å². The summed E-state index contributed by atoms with van der Waals surface area (Å²) >= 11 is 1.61. The van der Waals surface area contributed by atoms with Crippen molar-refractivity contribution in [2.75, 3.05) is 0 Å². The van der Waals surface area contributed by atoms with Gasteiger partial charge in [0.1, 0.15) is 0 Å². The summed E-state index contributed by atoms with van der Waals surface area (Å²) in [4.78, 5) is 4.30. The molecule has 1 heterocycles. The van der Waals surface area contributed by atoms with Gasteiger partial charge in [-0.15, -0.1) is 23.7 Å². The Labute approximate surface area is 89.0 Å². The summed E-state index contributed by atoms with van der Waals surface area (Å²) in [5, 5.41) is 12.6. The van der Waals surface area contributed by atoms with E-state index in [9.17, 15) is 5.11 Å². The zero-order chi connectivity index (χ0) is 10.4. The molecule has 0 aromatic carbocycles. The predicted molar refractivity (Wildman–Crippen MR) is 59.2 cm³/mol. The van der Waals surface area contributed by atoms with E-state index in [0.717, 1.165) is 30.0 Å². The number of aliphatic hydroxyl groups is 1. The quantitative estimate of drug-likeness (QED) is 0.595. The first-order chi connectivity index (χ1) is 6.72. The van der Waals surface area contributed by atoms with Crippen molar-refractivity contribution in [3.63, 3.8) is 0 Å². The Bertz CT molecular complexity index is 313. The van der Waals surface area contributed by atoms with E-state index in [2.05, 4.69) is 10.9 Å². The van der Waals surface area contributed by atoms with E-state index in [0.29, 0.717) is 6.42 Å². The highest BCUT2D eigenvalue weighted by atomic mass is 32.1. The number of hydrogen-bond donors (Lipinski definition) is 1. The lowest BCUT2D eigenvalue weighted by atomic mass is 10.1. The molecule has 0 saturated carbocycles. The van der Waals surface area contributed by atoms with Crippen LogP contribution < -0.4 is 0 Å². The van der Waals surface area contributed by atoms with Crippen molar-refractivity contribution in [2.45, 2.75) is 38.7 Å². The molecule has 14 heavy (non-hydrogen) atoms. The van der Waals surface area contributed by atoms with Gasteiger partial charge in [-0.2, -0.15) is 0 Å². The molecule has 2 nitrogen and oxygen atoms in total. The van der Waals surface area contributed by atoms with Gasteiger partial charge in [-0.3, -0.25) is 0 Å². The smallest absolute Gasteiger partial charge is 0.0953 e. The summed E-state index contributed by atoms with van der Waals surface area (Å²) in [5.74, 6) is 2.57. The first kappa shape index (κ1) is 11.2.